The number of esters is 1. The second kappa shape index (κ2) is 3.07. The van der Waals surface area contributed by atoms with E-state index in [2.05, 4.69) is 18.9 Å². The van der Waals surface area contributed by atoms with E-state index < -0.39 is 5.54 Å². The number of ether oxygens (including phenoxy) is 1. The predicted octanol–water partition coefficient (Wildman–Crippen LogP) is 0.791. The highest BCUT2D eigenvalue weighted by molar-refractivity contribution is 5.91. The van der Waals surface area contributed by atoms with Crippen LogP contribution in [0.5, 0.6) is 0 Å². The molecule has 1 heterocycles. The molecule has 2 rings (SSSR count). The summed E-state index contributed by atoms with van der Waals surface area (Å²) in [6.45, 7) is 4.17. The Balaban J connectivity index is 2.50. The van der Waals surface area contributed by atoms with Crippen LogP contribution in [0.4, 0.5) is 0 Å². The second-order valence-electron chi connectivity index (χ2n) is 5.05. The third-order valence-corrected chi connectivity index (χ3v) is 3.57. The minimum Gasteiger partial charge on any atom is -0.465 e. The fourth-order valence-corrected chi connectivity index (χ4v) is 2.28. The topological polar surface area (TPSA) is 70.1 Å². The molecule has 0 spiro atoms. The lowest BCUT2D eigenvalue weighted by molar-refractivity contribution is 0.0598. The van der Waals surface area contributed by atoms with Crippen molar-refractivity contribution in [2.75, 3.05) is 7.11 Å². The van der Waals surface area contributed by atoms with Gasteiger partial charge in [0.1, 0.15) is 5.56 Å². The zero-order chi connectivity index (χ0) is 12.1. The van der Waals surface area contributed by atoms with Gasteiger partial charge in [0.15, 0.2) is 0 Å². The van der Waals surface area contributed by atoms with Crippen LogP contribution in [-0.2, 0) is 17.3 Å². The van der Waals surface area contributed by atoms with Gasteiger partial charge in [-0.05, 0) is 11.8 Å². The van der Waals surface area contributed by atoms with Crippen LogP contribution in [-0.4, -0.2) is 22.9 Å². The average Bonchev–Trinajstić information content (AvgIpc) is 2.59. The summed E-state index contributed by atoms with van der Waals surface area (Å²) in [5, 5.41) is 4.09. The molecule has 2 N–H and O–H groups in total. The van der Waals surface area contributed by atoms with Crippen molar-refractivity contribution in [3.8, 4) is 0 Å². The minimum absolute atomic E-state index is 0.00354. The van der Waals surface area contributed by atoms with Gasteiger partial charge in [0.05, 0.1) is 24.5 Å². The summed E-state index contributed by atoms with van der Waals surface area (Å²) in [6, 6.07) is 0. The Morgan fingerprint density at radius 3 is 2.62 bits per heavy atom. The van der Waals surface area contributed by atoms with E-state index >= 15 is 0 Å². The lowest BCUT2D eigenvalue weighted by Crippen LogP contribution is -2.30. The van der Waals surface area contributed by atoms with E-state index in [0.717, 1.165) is 12.1 Å². The Labute approximate surface area is 94.6 Å². The van der Waals surface area contributed by atoms with Gasteiger partial charge >= 0.3 is 5.97 Å². The molecule has 1 aromatic rings. The molecular formula is C11H17N3O2. The SMILES string of the molecule is COC(=O)c1cnn(C)c1C1(N)CC1(C)C. The van der Waals surface area contributed by atoms with E-state index in [-0.39, 0.29) is 11.4 Å². The van der Waals surface area contributed by atoms with Crippen molar-refractivity contribution in [2.45, 2.75) is 25.8 Å². The Morgan fingerprint density at radius 1 is 1.62 bits per heavy atom. The number of carbonyl (C=O) groups excluding carboxylic acids is 1. The Bertz CT molecular complexity index is 450. The highest BCUT2D eigenvalue weighted by atomic mass is 16.5. The predicted molar refractivity (Wildman–Crippen MR) is 58.8 cm³/mol. The van der Waals surface area contributed by atoms with Gasteiger partial charge in [0.2, 0.25) is 0 Å². The van der Waals surface area contributed by atoms with Crippen LogP contribution >= 0.6 is 0 Å². The molecule has 1 saturated carbocycles. The van der Waals surface area contributed by atoms with Gasteiger partial charge in [0, 0.05) is 7.05 Å². The van der Waals surface area contributed by atoms with Gasteiger partial charge in [-0.25, -0.2) is 4.79 Å². The van der Waals surface area contributed by atoms with Gasteiger partial charge < -0.3 is 10.5 Å². The highest BCUT2D eigenvalue weighted by Gasteiger charge is 2.62. The Hall–Kier alpha value is -1.36. The third kappa shape index (κ3) is 1.28. The summed E-state index contributed by atoms with van der Waals surface area (Å²) in [4.78, 5) is 11.6. The van der Waals surface area contributed by atoms with Crippen molar-refractivity contribution in [1.82, 2.24) is 9.78 Å². The summed E-state index contributed by atoms with van der Waals surface area (Å²) in [5.74, 6) is -0.379. The van der Waals surface area contributed by atoms with Crippen LogP contribution in [0.25, 0.3) is 0 Å². The number of carbonyl (C=O) groups is 1. The maximum atomic E-state index is 11.6. The number of hydrogen-bond donors (Lipinski definition) is 1. The number of aromatic nitrogens is 2. The molecule has 88 valence electrons. The van der Waals surface area contributed by atoms with E-state index in [1.54, 1.807) is 11.7 Å². The third-order valence-electron chi connectivity index (χ3n) is 3.57. The molecule has 1 aromatic heterocycles. The number of rotatable bonds is 2. The van der Waals surface area contributed by atoms with Crippen molar-refractivity contribution in [3.63, 3.8) is 0 Å². The summed E-state index contributed by atoms with van der Waals surface area (Å²) in [7, 11) is 3.16. The molecule has 1 atom stereocenters. The van der Waals surface area contributed by atoms with Gasteiger partial charge in [-0.2, -0.15) is 5.10 Å². The molecule has 0 amide bonds. The standard InChI is InChI=1S/C11H17N3O2/c1-10(2)6-11(10,12)8-7(9(15)16-4)5-13-14(8)3/h5H,6,12H2,1-4H3. The van der Waals surface area contributed by atoms with Crippen molar-refractivity contribution < 1.29 is 9.53 Å². The molecular weight excluding hydrogens is 206 g/mol. The monoisotopic (exact) mass is 223 g/mol. The first-order valence-corrected chi connectivity index (χ1v) is 5.23. The van der Waals surface area contributed by atoms with E-state index in [1.165, 1.54) is 13.3 Å². The van der Waals surface area contributed by atoms with Gasteiger partial charge in [-0.3, -0.25) is 4.68 Å². The van der Waals surface area contributed by atoms with Crippen LogP contribution in [0.3, 0.4) is 0 Å². The molecule has 0 bridgehead atoms. The highest BCUT2D eigenvalue weighted by Crippen LogP contribution is 2.60. The normalized spacial score (nSPS) is 26.6. The molecule has 0 aromatic carbocycles. The smallest absolute Gasteiger partial charge is 0.341 e. The largest absolute Gasteiger partial charge is 0.465 e. The molecule has 1 unspecified atom stereocenters. The average molecular weight is 223 g/mol. The van der Waals surface area contributed by atoms with Crippen LogP contribution in [0.2, 0.25) is 0 Å². The second-order valence-corrected chi connectivity index (χ2v) is 5.05. The van der Waals surface area contributed by atoms with Gasteiger partial charge in [0.25, 0.3) is 0 Å². The molecule has 1 aliphatic rings. The first-order valence-electron chi connectivity index (χ1n) is 5.23. The molecule has 16 heavy (non-hydrogen) atoms. The molecule has 1 aliphatic carbocycles. The van der Waals surface area contributed by atoms with E-state index in [9.17, 15) is 4.79 Å². The molecule has 0 saturated heterocycles. The molecule has 5 nitrogen and oxygen atoms in total. The van der Waals surface area contributed by atoms with Gasteiger partial charge in [-0.1, -0.05) is 13.8 Å². The van der Waals surface area contributed by atoms with Crippen LogP contribution in [0, 0.1) is 5.41 Å². The zero-order valence-electron chi connectivity index (χ0n) is 10.1. The van der Waals surface area contributed by atoms with E-state index in [1.807, 2.05) is 0 Å². The molecule has 1 fully saturated rings. The first-order chi connectivity index (χ1) is 7.33. The van der Waals surface area contributed by atoms with E-state index in [4.69, 9.17) is 10.5 Å². The van der Waals surface area contributed by atoms with Gasteiger partial charge in [-0.15, -0.1) is 0 Å². The molecule has 0 aliphatic heterocycles. The molecule has 0 radical (unpaired) electrons. The van der Waals surface area contributed by atoms with Crippen molar-refractivity contribution in [3.05, 3.63) is 17.5 Å². The van der Waals surface area contributed by atoms with Crippen molar-refractivity contribution >= 4 is 5.97 Å². The quantitative estimate of drug-likeness (QED) is 0.752. The number of nitrogens with zero attached hydrogens (tertiary/aromatic N) is 2. The van der Waals surface area contributed by atoms with Crippen LogP contribution in [0.15, 0.2) is 6.20 Å². The number of nitrogens with two attached hydrogens (primary N) is 1. The first kappa shape index (κ1) is 11.1. The lowest BCUT2D eigenvalue weighted by atomic mass is 9.99. The number of methoxy groups -OCH3 is 1. The zero-order valence-corrected chi connectivity index (χ0v) is 10.1. The van der Waals surface area contributed by atoms with E-state index in [0.29, 0.717) is 5.56 Å². The fourth-order valence-electron chi connectivity index (χ4n) is 2.28. The number of hydrogen-bond acceptors (Lipinski definition) is 4. The summed E-state index contributed by atoms with van der Waals surface area (Å²) < 4.78 is 6.40. The maximum absolute atomic E-state index is 11.6. The summed E-state index contributed by atoms with van der Waals surface area (Å²) in [6.07, 6.45) is 2.37. The minimum atomic E-state index is -0.470. The molecule has 5 heteroatoms. The number of aryl methyl sites for hydroxylation is 1. The Kier molecular flexibility index (Phi) is 2.14. The van der Waals surface area contributed by atoms with Crippen molar-refractivity contribution in [1.29, 1.82) is 0 Å². The van der Waals surface area contributed by atoms with Crippen LogP contribution < -0.4 is 5.73 Å². The fraction of sp³-hybridized carbons (Fsp3) is 0.636. The Morgan fingerprint density at radius 2 is 2.19 bits per heavy atom. The lowest BCUT2D eigenvalue weighted by Gasteiger charge is -2.16. The summed E-state index contributed by atoms with van der Waals surface area (Å²) in [5.41, 5.74) is 7.09. The maximum Gasteiger partial charge on any atom is 0.341 e. The summed E-state index contributed by atoms with van der Waals surface area (Å²) >= 11 is 0. The van der Waals surface area contributed by atoms with Crippen LogP contribution in [0.1, 0.15) is 36.3 Å². The van der Waals surface area contributed by atoms with Crippen molar-refractivity contribution in [2.24, 2.45) is 18.2 Å².